The van der Waals surface area contributed by atoms with E-state index in [1.807, 2.05) is 6.07 Å². The van der Waals surface area contributed by atoms with E-state index in [0.29, 0.717) is 19.8 Å². The van der Waals surface area contributed by atoms with E-state index in [9.17, 15) is 0 Å². The van der Waals surface area contributed by atoms with Crippen LogP contribution in [0.4, 0.5) is 0 Å². The number of morpholine rings is 1. The highest BCUT2D eigenvalue weighted by Gasteiger charge is 2.36. The Morgan fingerprint density at radius 1 is 0.780 bits per heavy atom. The first-order valence-corrected chi connectivity index (χ1v) is 15.0. The van der Waals surface area contributed by atoms with Gasteiger partial charge in [0, 0.05) is 36.2 Å². The lowest BCUT2D eigenvalue weighted by molar-refractivity contribution is -0.236. The molecule has 3 heterocycles. The van der Waals surface area contributed by atoms with Gasteiger partial charge in [0.1, 0.15) is 0 Å². The Morgan fingerprint density at radius 3 is 2.05 bits per heavy atom. The first-order chi connectivity index (χ1) is 20.2. The van der Waals surface area contributed by atoms with E-state index in [1.54, 1.807) is 0 Å². The highest BCUT2D eigenvalue weighted by molar-refractivity contribution is 5.79. The van der Waals surface area contributed by atoms with Gasteiger partial charge in [0.25, 0.3) is 0 Å². The Bertz CT molecular complexity index is 1360. The zero-order valence-corrected chi connectivity index (χ0v) is 24.1. The summed E-state index contributed by atoms with van der Waals surface area (Å²) >= 11 is 0. The van der Waals surface area contributed by atoms with Crippen molar-refractivity contribution in [1.29, 1.82) is 0 Å². The smallest absolute Gasteiger partial charge is 0.217 e. The zero-order valence-electron chi connectivity index (χ0n) is 24.1. The molecule has 6 heteroatoms. The monoisotopic (exact) mass is 551 g/mol. The number of unbranched alkanes of at least 4 members (excludes halogenated alkanes) is 1. The summed E-state index contributed by atoms with van der Waals surface area (Å²) in [5.74, 6) is 0.820. The van der Waals surface area contributed by atoms with E-state index >= 15 is 0 Å². The molecule has 0 amide bonds. The van der Waals surface area contributed by atoms with Gasteiger partial charge in [-0.25, -0.2) is 4.98 Å². The normalized spacial score (nSPS) is 21.6. The Labute approximate surface area is 243 Å². The molecule has 0 aliphatic carbocycles. The lowest BCUT2D eigenvalue weighted by Gasteiger charge is -2.37. The number of benzene rings is 3. The summed E-state index contributed by atoms with van der Waals surface area (Å²) in [6.45, 7) is 9.27. The van der Waals surface area contributed by atoms with Crippen LogP contribution >= 0.6 is 0 Å². The van der Waals surface area contributed by atoms with Crippen molar-refractivity contribution in [3.8, 4) is 22.5 Å². The van der Waals surface area contributed by atoms with Crippen LogP contribution in [-0.4, -0.2) is 60.5 Å². The summed E-state index contributed by atoms with van der Waals surface area (Å²) in [6, 6.07) is 31.5. The fraction of sp³-hybridized carbons (Fsp3) is 0.400. The molecular formula is C35H41N3O3. The lowest BCUT2D eigenvalue weighted by atomic mass is 9.86. The highest BCUT2D eigenvalue weighted by atomic mass is 16.7. The maximum absolute atomic E-state index is 6.51. The van der Waals surface area contributed by atoms with Crippen molar-refractivity contribution in [1.82, 2.24) is 14.5 Å². The van der Waals surface area contributed by atoms with Crippen molar-refractivity contribution in [2.45, 2.75) is 39.0 Å². The van der Waals surface area contributed by atoms with Gasteiger partial charge in [-0.3, -0.25) is 4.90 Å². The first-order valence-electron chi connectivity index (χ1n) is 15.0. The van der Waals surface area contributed by atoms with Crippen LogP contribution in [0.1, 0.15) is 43.9 Å². The maximum Gasteiger partial charge on any atom is 0.217 e. The Morgan fingerprint density at radius 2 is 1.39 bits per heavy atom. The average molecular weight is 552 g/mol. The molecule has 6 rings (SSSR count). The number of ether oxygens (including phenoxy) is 3. The van der Waals surface area contributed by atoms with E-state index in [1.165, 1.54) is 18.4 Å². The van der Waals surface area contributed by atoms with E-state index in [4.69, 9.17) is 19.2 Å². The van der Waals surface area contributed by atoms with E-state index in [-0.39, 0.29) is 5.41 Å². The molecule has 214 valence electrons. The molecule has 2 saturated heterocycles. The summed E-state index contributed by atoms with van der Waals surface area (Å²) in [5, 5.41) is 0. The predicted octanol–water partition coefficient (Wildman–Crippen LogP) is 6.82. The second-order valence-corrected chi connectivity index (χ2v) is 11.6. The number of imidazole rings is 1. The molecule has 0 atom stereocenters. The molecule has 0 bridgehead atoms. The van der Waals surface area contributed by atoms with Crippen LogP contribution in [0.5, 0.6) is 0 Å². The molecule has 2 aliphatic rings. The van der Waals surface area contributed by atoms with Crippen LogP contribution in [0.15, 0.2) is 91.0 Å². The molecule has 2 aliphatic heterocycles. The van der Waals surface area contributed by atoms with Gasteiger partial charge in [0.15, 0.2) is 5.82 Å². The van der Waals surface area contributed by atoms with Gasteiger partial charge in [0.2, 0.25) is 6.29 Å². The number of nitrogens with zero attached hydrogens (tertiary/aromatic N) is 3. The summed E-state index contributed by atoms with van der Waals surface area (Å²) < 4.78 is 20.8. The van der Waals surface area contributed by atoms with Crippen molar-refractivity contribution in [3.63, 3.8) is 0 Å². The Kier molecular flexibility index (Phi) is 8.92. The van der Waals surface area contributed by atoms with Crippen LogP contribution < -0.4 is 0 Å². The molecule has 41 heavy (non-hydrogen) atoms. The van der Waals surface area contributed by atoms with Crippen molar-refractivity contribution in [2.75, 3.05) is 46.1 Å². The second kappa shape index (κ2) is 13.1. The van der Waals surface area contributed by atoms with Gasteiger partial charge in [-0.1, -0.05) is 104 Å². The largest absolute Gasteiger partial charge is 0.379 e. The Hall–Kier alpha value is -3.29. The van der Waals surface area contributed by atoms with Gasteiger partial charge in [-0.2, -0.15) is 0 Å². The predicted molar refractivity (Wildman–Crippen MR) is 163 cm³/mol. The standard InChI is InChI=1S/C35H41N3O3/c1-35(19-11-12-20-37-21-23-39-24-22-37)26-40-34(41-27-35)33-36-31(29-15-7-3-8-16-29)32(30-17-9-4-10-18-30)38(33)25-28-13-5-2-6-14-28/h2-10,13-18,34H,11-12,19-27H2,1H3. The van der Waals surface area contributed by atoms with Crippen LogP contribution in [0.3, 0.4) is 0 Å². The van der Waals surface area contributed by atoms with Gasteiger partial charge in [0.05, 0.1) is 37.8 Å². The molecule has 4 aromatic rings. The minimum atomic E-state index is -0.514. The highest BCUT2D eigenvalue weighted by Crippen LogP contribution is 2.40. The molecule has 6 nitrogen and oxygen atoms in total. The van der Waals surface area contributed by atoms with E-state index < -0.39 is 6.29 Å². The SMILES string of the molecule is CC1(CCCCN2CCOCC2)COC(c2nc(-c3ccccc3)c(-c3ccccc3)n2Cc2ccccc2)OC1. The van der Waals surface area contributed by atoms with Gasteiger partial charge in [-0.15, -0.1) is 0 Å². The fourth-order valence-corrected chi connectivity index (χ4v) is 5.91. The average Bonchev–Trinajstić information content (AvgIpc) is 3.40. The number of hydrogen-bond acceptors (Lipinski definition) is 5. The minimum absolute atomic E-state index is 0.00286. The zero-order chi connectivity index (χ0) is 27.9. The molecule has 3 aromatic carbocycles. The lowest BCUT2D eigenvalue weighted by Crippen LogP contribution is -2.38. The molecule has 0 saturated carbocycles. The van der Waals surface area contributed by atoms with Crippen LogP contribution in [0.2, 0.25) is 0 Å². The number of aromatic nitrogens is 2. The first kappa shape index (κ1) is 27.9. The minimum Gasteiger partial charge on any atom is -0.379 e. The second-order valence-electron chi connectivity index (χ2n) is 11.6. The van der Waals surface area contributed by atoms with Gasteiger partial charge in [-0.05, 0) is 24.9 Å². The van der Waals surface area contributed by atoms with Gasteiger partial charge >= 0.3 is 0 Å². The topological polar surface area (TPSA) is 48.8 Å². The number of rotatable bonds is 10. The maximum atomic E-state index is 6.51. The van der Waals surface area contributed by atoms with E-state index in [2.05, 4.69) is 101 Å². The van der Waals surface area contributed by atoms with Gasteiger partial charge < -0.3 is 18.8 Å². The number of hydrogen-bond donors (Lipinski definition) is 0. The molecule has 1 aromatic heterocycles. The third-order valence-corrected chi connectivity index (χ3v) is 8.26. The summed E-state index contributed by atoms with van der Waals surface area (Å²) in [6.07, 6.45) is 2.94. The molecule has 0 spiro atoms. The third kappa shape index (κ3) is 6.79. The summed E-state index contributed by atoms with van der Waals surface area (Å²) in [5.41, 5.74) is 5.46. The van der Waals surface area contributed by atoms with Crippen LogP contribution in [-0.2, 0) is 20.8 Å². The summed E-state index contributed by atoms with van der Waals surface area (Å²) in [7, 11) is 0. The van der Waals surface area contributed by atoms with Crippen molar-refractivity contribution in [3.05, 3.63) is 102 Å². The van der Waals surface area contributed by atoms with Crippen LogP contribution in [0, 0.1) is 5.41 Å². The molecular weight excluding hydrogens is 510 g/mol. The third-order valence-electron chi connectivity index (χ3n) is 8.26. The van der Waals surface area contributed by atoms with Crippen LogP contribution in [0.25, 0.3) is 22.5 Å². The fourth-order valence-electron chi connectivity index (χ4n) is 5.91. The quantitative estimate of drug-likeness (QED) is 0.203. The Balaban J connectivity index is 1.24. The van der Waals surface area contributed by atoms with E-state index in [0.717, 1.165) is 67.6 Å². The molecule has 0 unspecified atom stereocenters. The molecule has 2 fully saturated rings. The van der Waals surface area contributed by atoms with Crippen molar-refractivity contribution < 1.29 is 14.2 Å². The van der Waals surface area contributed by atoms with Crippen molar-refractivity contribution >= 4 is 0 Å². The summed E-state index contributed by atoms with van der Waals surface area (Å²) in [4.78, 5) is 7.76. The molecule has 0 radical (unpaired) electrons. The molecule has 0 N–H and O–H groups in total. The van der Waals surface area contributed by atoms with Crippen molar-refractivity contribution in [2.24, 2.45) is 5.41 Å².